The van der Waals surface area contributed by atoms with E-state index in [0.717, 1.165) is 5.56 Å². The van der Waals surface area contributed by atoms with Crippen molar-refractivity contribution in [2.75, 3.05) is 0 Å². The standard InChI is InChI=1S/C13H14ClN3O/c1-13(2,10-4-3-5-11(14)6-10)17-12(18)9-7-15-16-8-9/h3-8H,1-2H3,(H,15,16)(H,17,18). The summed E-state index contributed by atoms with van der Waals surface area (Å²) in [6, 6.07) is 7.45. The first-order valence-corrected chi connectivity index (χ1v) is 5.94. The number of rotatable bonds is 3. The zero-order valence-corrected chi connectivity index (χ0v) is 11.0. The number of nitrogens with zero attached hydrogens (tertiary/aromatic N) is 1. The maximum atomic E-state index is 12.0. The fraction of sp³-hybridized carbons (Fsp3) is 0.231. The van der Waals surface area contributed by atoms with Crippen LogP contribution in [0.25, 0.3) is 0 Å². The predicted octanol–water partition coefficient (Wildman–Crippen LogP) is 2.73. The lowest BCUT2D eigenvalue weighted by Gasteiger charge is -2.26. The molecule has 2 N–H and O–H groups in total. The van der Waals surface area contributed by atoms with E-state index in [1.54, 1.807) is 12.3 Å². The van der Waals surface area contributed by atoms with Crippen molar-refractivity contribution in [2.24, 2.45) is 0 Å². The number of carbonyl (C=O) groups excluding carboxylic acids is 1. The number of aromatic nitrogens is 2. The Morgan fingerprint density at radius 3 is 2.83 bits per heavy atom. The summed E-state index contributed by atoms with van der Waals surface area (Å²) in [6.07, 6.45) is 3.05. The molecule has 0 bridgehead atoms. The third kappa shape index (κ3) is 2.71. The molecule has 0 aliphatic carbocycles. The number of hydrogen-bond donors (Lipinski definition) is 2. The van der Waals surface area contributed by atoms with Crippen LogP contribution < -0.4 is 5.32 Å². The SMILES string of the molecule is CC(C)(NC(=O)c1cn[nH]c1)c1cccc(Cl)c1. The number of hydrogen-bond acceptors (Lipinski definition) is 2. The number of nitrogens with one attached hydrogen (secondary N) is 2. The molecule has 94 valence electrons. The van der Waals surface area contributed by atoms with Crippen molar-refractivity contribution in [3.8, 4) is 0 Å². The Balaban J connectivity index is 2.19. The lowest BCUT2D eigenvalue weighted by molar-refractivity contribution is 0.0912. The molecule has 2 aromatic rings. The molecule has 0 fully saturated rings. The van der Waals surface area contributed by atoms with Gasteiger partial charge in [0.1, 0.15) is 0 Å². The molecule has 0 unspecified atom stereocenters. The van der Waals surface area contributed by atoms with Gasteiger partial charge in [-0.25, -0.2) is 0 Å². The van der Waals surface area contributed by atoms with E-state index in [1.165, 1.54) is 6.20 Å². The van der Waals surface area contributed by atoms with Crippen molar-refractivity contribution in [2.45, 2.75) is 19.4 Å². The first kappa shape index (κ1) is 12.6. The molecule has 4 nitrogen and oxygen atoms in total. The highest BCUT2D eigenvalue weighted by atomic mass is 35.5. The minimum absolute atomic E-state index is 0.172. The number of H-pyrrole nitrogens is 1. The summed E-state index contributed by atoms with van der Waals surface area (Å²) in [7, 11) is 0. The molecule has 2 rings (SSSR count). The van der Waals surface area contributed by atoms with Crippen molar-refractivity contribution >= 4 is 17.5 Å². The molecule has 0 atom stereocenters. The molecule has 1 heterocycles. The van der Waals surface area contributed by atoms with Gasteiger partial charge in [-0.3, -0.25) is 9.89 Å². The lowest BCUT2D eigenvalue weighted by Crippen LogP contribution is -2.40. The van der Waals surface area contributed by atoms with E-state index in [0.29, 0.717) is 10.6 Å². The van der Waals surface area contributed by atoms with E-state index < -0.39 is 5.54 Å². The Kier molecular flexibility index (Phi) is 3.39. The quantitative estimate of drug-likeness (QED) is 0.895. The van der Waals surface area contributed by atoms with Crippen LogP contribution in [0, 0.1) is 0 Å². The number of halogens is 1. The zero-order chi connectivity index (χ0) is 13.2. The summed E-state index contributed by atoms with van der Waals surface area (Å²) in [5.74, 6) is -0.172. The zero-order valence-electron chi connectivity index (χ0n) is 10.2. The molecule has 0 saturated heterocycles. The molecule has 1 aromatic heterocycles. The topological polar surface area (TPSA) is 57.8 Å². The van der Waals surface area contributed by atoms with Crippen molar-refractivity contribution in [3.63, 3.8) is 0 Å². The van der Waals surface area contributed by atoms with Gasteiger partial charge in [-0.1, -0.05) is 23.7 Å². The highest BCUT2D eigenvalue weighted by Gasteiger charge is 2.23. The van der Waals surface area contributed by atoms with Crippen LogP contribution in [-0.2, 0) is 5.54 Å². The molecule has 0 spiro atoms. The van der Waals surface area contributed by atoms with Crippen molar-refractivity contribution in [1.29, 1.82) is 0 Å². The predicted molar refractivity (Wildman–Crippen MR) is 70.5 cm³/mol. The molecular formula is C13H14ClN3O. The van der Waals surface area contributed by atoms with Gasteiger partial charge in [-0.15, -0.1) is 0 Å². The Hall–Kier alpha value is -1.81. The fourth-order valence-corrected chi connectivity index (χ4v) is 1.87. The number of amides is 1. The first-order chi connectivity index (χ1) is 8.49. The summed E-state index contributed by atoms with van der Waals surface area (Å²) >= 11 is 5.96. The van der Waals surface area contributed by atoms with Gasteiger partial charge in [0.2, 0.25) is 0 Å². The molecule has 18 heavy (non-hydrogen) atoms. The maximum absolute atomic E-state index is 12.0. The van der Waals surface area contributed by atoms with E-state index in [1.807, 2.05) is 32.0 Å². The second kappa shape index (κ2) is 4.82. The van der Waals surface area contributed by atoms with Gasteiger partial charge < -0.3 is 5.32 Å². The van der Waals surface area contributed by atoms with Crippen molar-refractivity contribution < 1.29 is 4.79 Å². The van der Waals surface area contributed by atoms with Gasteiger partial charge in [0, 0.05) is 11.2 Å². The minimum Gasteiger partial charge on any atom is -0.343 e. The van der Waals surface area contributed by atoms with Crippen molar-refractivity contribution in [1.82, 2.24) is 15.5 Å². The van der Waals surface area contributed by atoms with Gasteiger partial charge >= 0.3 is 0 Å². The van der Waals surface area contributed by atoms with E-state index in [2.05, 4.69) is 15.5 Å². The summed E-state index contributed by atoms with van der Waals surface area (Å²) in [5.41, 5.74) is 0.955. The maximum Gasteiger partial charge on any atom is 0.255 e. The van der Waals surface area contributed by atoms with Crippen LogP contribution >= 0.6 is 11.6 Å². The molecule has 1 amide bonds. The number of aromatic amines is 1. The third-order valence-electron chi connectivity index (χ3n) is 2.73. The highest BCUT2D eigenvalue weighted by Crippen LogP contribution is 2.23. The largest absolute Gasteiger partial charge is 0.343 e. The van der Waals surface area contributed by atoms with Gasteiger partial charge in [0.15, 0.2) is 0 Å². The van der Waals surface area contributed by atoms with Crippen LogP contribution in [0.15, 0.2) is 36.7 Å². The van der Waals surface area contributed by atoms with E-state index >= 15 is 0 Å². The average Bonchev–Trinajstić information content (AvgIpc) is 2.82. The number of benzene rings is 1. The molecule has 0 aliphatic heterocycles. The van der Waals surface area contributed by atoms with Crippen LogP contribution in [-0.4, -0.2) is 16.1 Å². The van der Waals surface area contributed by atoms with Gasteiger partial charge in [0.05, 0.1) is 17.3 Å². The van der Waals surface area contributed by atoms with E-state index in [4.69, 9.17) is 11.6 Å². The second-order valence-electron chi connectivity index (χ2n) is 4.58. The van der Waals surface area contributed by atoms with E-state index in [-0.39, 0.29) is 5.91 Å². The van der Waals surface area contributed by atoms with Crippen LogP contribution in [0.3, 0.4) is 0 Å². The molecule has 5 heteroatoms. The summed E-state index contributed by atoms with van der Waals surface area (Å²) in [4.78, 5) is 12.0. The molecular weight excluding hydrogens is 250 g/mol. The number of carbonyl (C=O) groups is 1. The first-order valence-electron chi connectivity index (χ1n) is 5.56. The molecule has 1 aromatic carbocycles. The Labute approximate surface area is 110 Å². The van der Waals surface area contributed by atoms with E-state index in [9.17, 15) is 4.79 Å². The van der Waals surface area contributed by atoms with Gasteiger partial charge in [-0.2, -0.15) is 5.10 Å². The van der Waals surface area contributed by atoms with Crippen molar-refractivity contribution in [3.05, 3.63) is 52.8 Å². The monoisotopic (exact) mass is 263 g/mol. The summed E-state index contributed by atoms with van der Waals surface area (Å²) in [5, 5.41) is 9.96. The van der Waals surface area contributed by atoms with Crippen LogP contribution in [0.4, 0.5) is 0 Å². The van der Waals surface area contributed by atoms with Crippen LogP contribution in [0.1, 0.15) is 29.8 Å². The molecule has 0 radical (unpaired) electrons. The second-order valence-corrected chi connectivity index (χ2v) is 5.01. The summed E-state index contributed by atoms with van der Waals surface area (Å²) in [6.45, 7) is 3.85. The Morgan fingerprint density at radius 1 is 1.44 bits per heavy atom. The fourth-order valence-electron chi connectivity index (χ4n) is 1.68. The Bertz CT molecular complexity index is 549. The smallest absolute Gasteiger partial charge is 0.255 e. The van der Waals surface area contributed by atoms with Crippen LogP contribution in [0.2, 0.25) is 5.02 Å². The minimum atomic E-state index is -0.501. The molecule has 0 aliphatic rings. The molecule has 0 saturated carbocycles. The summed E-state index contributed by atoms with van der Waals surface area (Å²) < 4.78 is 0. The van der Waals surface area contributed by atoms with Gasteiger partial charge in [-0.05, 0) is 31.5 Å². The van der Waals surface area contributed by atoms with Gasteiger partial charge in [0.25, 0.3) is 5.91 Å². The average molecular weight is 264 g/mol. The Morgan fingerprint density at radius 2 is 2.22 bits per heavy atom. The van der Waals surface area contributed by atoms with Crippen LogP contribution in [0.5, 0.6) is 0 Å². The normalized spacial score (nSPS) is 11.3. The lowest BCUT2D eigenvalue weighted by atomic mass is 9.94. The third-order valence-corrected chi connectivity index (χ3v) is 2.97. The highest BCUT2D eigenvalue weighted by molar-refractivity contribution is 6.30.